The summed E-state index contributed by atoms with van der Waals surface area (Å²) in [5, 5.41) is 12.6. The van der Waals surface area contributed by atoms with Crippen LogP contribution in [0.15, 0.2) is 22.7 Å². The lowest BCUT2D eigenvalue weighted by molar-refractivity contribution is -0.138. The third-order valence-corrected chi connectivity index (χ3v) is 3.79. The van der Waals surface area contributed by atoms with Gasteiger partial charge in [0.2, 0.25) is 0 Å². The standard InChI is InChI=1S/C12H13BrF3NO/c13-9-5-4-7(6-8(9)12(14,15)16)17-10-2-1-3-11(10)18/h4-6,10-11,17-18H,1-3H2. The van der Waals surface area contributed by atoms with Gasteiger partial charge in [0.25, 0.3) is 0 Å². The summed E-state index contributed by atoms with van der Waals surface area (Å²) in [7, 11) is 0. The van der Waals surface area contributed by atoms with Crippen molar-refractivity contribution in [2.45, 2.75) is 37.6 Å². The van der Waals surface area contributed by atoms with Crippen LogP contribution in [0.5, 0.6) is 0 Å². The number of aliphatic hydroxyl groups excluding tert-OH is 1. The summed E-state index contributed by atoms with van der Waals surface area (Å²) in [6, 6.07) is 3.85. The van der Waals surface area contributed by atoms with Crippen molar-refractivity contribution in [3.63, 3.8) is 0 Å². The highest BCUT2D eigenvalue weighted by Gasteiger charge is 2.33. The SMILES string of the molecule is OC1CCCC1Nc1ccc(Br)c(C(F)(F)F)c1. The maximum atomic E-state index is 12.7. The molecular formula is C12H13BrF3NO. The molecule has 2 N–H and O–H groups in total. The molecule has 0 spiro atoms. The van der Waals surface area contributed by atoms with E-state index in [1.54, 1.807) is 6.07 Å². The van der Waals surface area contributed by atoms with Crippen LogP contribution >= 0.6 is 15.9 Å². The van der Waals surface area contributed by atoms with E-state index in [0.717, 1.165) is 18.9 Å². The number of halogens is 4. The van der Waals surface area contributed by atoms with Crippen molar-refractivity contribution >= 4 is 21.6 Å². The van der Waals surface area contributed by atoms with Gasteiger partial charge in [0.05, 0.1) is 17.7 Å². The van der Waals surface area contributed by atoms with Crippen molar-refractivity contribution in [3.05, 3.63) is 28.2 Å². The van der Waals surface area contributed by atoms with Gasteiger partial charge in [0, 0.05) is 10.2 Å². The van der Waals surface area contributed by atoms with Gasteiger partial charge >= 0.3 is 6.18 Å². The van der Waals surface area contributed by atoms with Crippen LogP contribution in [0.2, 0.25) is 0 Å². The highest BCUT2D eigenvalue weighted by Crippen LogP contribution is 2.36. The highest BCUT2D eigenvalue weighted by atomic mass is 79.9. The molecule has 1 aromatic carbocycles. The zero-order valence-electron chi connectivity index (χ0n) is 9.47. The first-order valence-corrected chi connectivity index (χ1v) is 6.48. The fraction of sp³-hybridized carbons (Fsp3) is 0.500. The number of aliphatic hydroxyl groups is 1. The number of anilines is 1. The molecule has 0 aliphatic heterocycles. The first-order chi connectivity index (χ1) is 8.38. The Morgan fingerprint density at radius 2 is 2.00 bits per heavy atom. The van der Waals surface area contributed by atoms with Crippen molar-refractivity contribution in [1.29, 1.82) is 0 Å². The van der Waals surface area contributed by atoms with E-state index < -0.39 is 17.8 Å². The summed E-state index contributed by atoms with van der Waals surface area (Å²) in [6.45, 7) is 0. The van der Waals surface area contributed by atoms with Crippen LogP contribution in [0.25, 0.3) is 0 Å². The predicted octanol–water partition coefficient (Wildman–Crippen LogP) is 3.79. The maximum Gasteiger partial charge on any atom is 0.417 e. The van der Waals surface area contributed by atoms with Gasteiger partial charge in [0.1, 0.15) is 0 Å². The Hall–Kier alpha value is -0.750. The van der Waals surface area contributed by atoms with Crippen LogP contribution in [-0.4, -0.2) is 17.3 Å². The van der Waals surface area contributed by atoms with Crippen molar-refractivity contribution in [2.24, 2.45) is 0 Å². The molecule has 100 valence electrons. The molecule has 1 aromatic rings. The smallest absolute Gasteiger partial charge is 0.391 e. The topological polar surface area (TPSA) is 32.3 Å². The van der Waals surface area contributed by atoms with Gasteiger partial charge in [-0.2, -0.15) is 13.2 Å². The molecule has 2 nitrogen and oxygen atoms in total. The van der Waals surface area contributed by atoms with Crippen LogP contribution in [0.3, 0.4) is 0 Å². The van der Waals surface area contributed by atoms with Gasteiger partial charge in [-0.15, -0.1) is 0 Å². The van der Waals surface area contributed by atoms with Crippen molar-refractivity contribution in [3.8, 4) is 0 Å². The summed E-state index contributed by atoms with van der Waals surface area (Å²) in [5.41, 5.74) is -0.323. The number of hydrogen-bond acceptors (Lipinski definition) is 2. The van der Waals surface area contributed by atoms with Crippen LogP contribution in [0.1, 0.15) is 24.8 Å². The van der Waals surface area contributed by atoms with Gasteiger partial charge in [-0.1, -0.05) is 15.9 Å². The molecule has 0 heterocycles. The Balaban J connectivity index is 2.19. The molecule has 18 heavy (non-hydrogen) atoms. The molecule has 2 unspecified atom stereocenters. The Morgan fingerprint density at radius 1 is 1.28 bits per heavy atom. The third kappa shape index (κ3) is 2.98. The van der Waals surface area contributed by atoms with Crippen molar-refractivity contribution in [2.75, 3.05) is 5.32 Å². The summed E-state index contributed by atoms with van der Waals surface area (Å²) in [5.74, 6) is 0. The zero-order chi connectivity index (χ0) is 13.3. The van der Waals surface area contributed by atoms with Gasteiger partial charge in [0.15, 0.2) is 0 Å². The Morgan fingerprint density at radius 3 is 2.56 bits per heavy atom. The van der Waals surface area contributed by atoms with E-state index >= 15 is 0 Å². The number of benzene rings is 1. The predicted molar refractivity (Wildman–Crippen MR) is 66.4 cm³/mol. The van der Waals surface area contributed by atoms with E-state index in [-0.39, 0.29) is 10.5 Å². The van der Waals surface area contributed by atoms with Crippen molar-refractivity contribution in [1.82, 2.24) is 0 Å². The quantitative estimate of drug-likeness (QED) is 0.867. The highest BCUT2D eigenvalue weighted by molar-refractivity contribution is 9.10. The van der Waals surface area contributed by atoms with E-state index in [1.165, 1.54) is 6.07 Å². The molecule has 1 aliphatic rings. The molecule has 2 rings (SSSR count). The second kappa shape index (κ2) is 5.09. The summed E-state index contributed by atoms with van der Waals surface area (Å²) < 4.78 is 38.2. The van der Waals surface area contributed by atoms with E-state index in [0.29, 0.717) is 12.1 Å². The van der Waals surface area contributed by atoms with Crippen LogP contribution in [-0.2, 0) is 6.18 Å². The lowest BCUT2D eigenvalue weighted by Crippen LogP contribution is -2.28. The molecule has 6 heteroatoms. The third-order valence-electron chi connectivity index (χ3n) is 3.10. The normalized spacial score (nSPS) is 24.3. The molecule has 0 amide bonds. The Kier molecular flexibility index (Phi) is 3.87. The average Bonchev–Trinajstić information content (AvgIpc) is 2.66. The molecule has 2 atom stereocenters. The van der Waals surface area contributed by atoms with E-state index in [2.05, 4.69) is 21.2 Å². The van der Waals surface area contributed by atoms with Crippen molar-refractivity contribution < 1.29 is 18.3 Å². The first-order valence-electron chi connectivity index (χ1n) is 5.69. The second-order valence-corrected chi connectivity index (χ2v) is 5.30. The fourth-order valence-electron chi connectivity index (χ4n) is 2.16. The Labute approximate surface area is 111 Å². The first kappa shape index (κ1) is 13.7. The lowest BCUT2D eigenvalue weighted by atomic mass is 10.1. The lowest BCUT2D eigenvalue weighted by Gasteiger charge is -2.19. The number of hydrogen-bond donors (Lipinski definition) is 2. The van der Waals surface area contributed by atoms with Gasteiger partial charge in [-0.25, -0.2) is 0 Å². The summed E-state index contributed by atoms with van der Waals surface area (Å²) >= 11 is 2.89. The minimum absolute atomic E-state index is 0.0209. The zero-order valence-corrected chi connectivity index (χ0v) is 11.1. The molecule has 1 aliphatic carbocycles. The van der Waals surface area contributed by atoms with Gasteiger partial charge in [-0.3, -0.25) is 0 Å². The number of rotatable bonds is 2. The molecular weight excluding hydrogens is 311 g/mol. The van der Waals surface area contributed by atoms with E-state index in [4.69, 9.17) is 0 Å². The average molecular weight is 324 g/mol. The fourth-order valence-corrected chi connectivity index (χ4v) is 2.63. The molecule has 1 fully saturated rings. The van der Waals surface area contributed by atoms with E-state index in [1.807, 2.05) is 0 Å². The van der Waals surface area contributed by atoms with E-state index in [9.17, 15) is 18.3 Å². The molecule has 0 aromatic heterocycles. The molecule has 0 bridgehead atoms. The monoisotopic (exact) mass is 323 g/mol. The van der Waals surface area contributed by atoms with Crippen LogP contribution in [0.4, 0.5) is 18.9 Å². The minimum atomic E-state index is -4.38. The molecule has 0 radical (unpaired) electrons. The van der Waals surface area contributed by atoms with Crippen LogP contribution < -0.4 is 5.32 Å². The van der Waals surface area contributed by atoms with Gasteiger partial charge in [-0.05, 0) is 37.5 Å². The second-order valence-electron chi connectivity index (χ2n) is 4.44. The largest absolute Gasteiger partial charge is 0.417 e. The number of alkyl halides is 3. The van der Waals surface area contributed by atoms with Gasteiger partial charge < -0.3 is 10.4 Å². The Bertz CT molecular complexity index is 436. The maximum absolute atomic E-state index is 12.7. The summed E-state index contributed by atoms with van der Waals surface area (Å²) in [4.78, 5) is 0. The minimum Gasteiger partial charge on any atom is -0.391 e. The number of nitrogens with one attached hydrogen (secondary N) is 1. The molecule has 1 saturated carbocycles. The summed E-state index contributed by atoms with van der Waals surface area (Å²) in [6.07, 6.45) is -2.51. The van der Waals surface area contributed by atoms with Crippen LogP contribution in [0, 0.1) is 0 Å². The molecule has 0 saturated heterocycles.